The minimum atomic E-state index is -4.73. The molecule has 1 N–H and O–H groups in total. The highest BCUT2D eigenvalue weighted by molar-refractivity contribution is 6.08. The summed E-state index contributed by atoms with van der Waals surface area (Å²) in [6.07, 6.45) is -3.67. The van der Waals surface area contributed by atoms with Crippen molar-refractivity contribution in [3.05, 3.63) is 72.1 Å². The Bertz CT molecular complexity index is 1290. The number of anilines is 1. The summed E-state index contributed by atoms with van der Waals surface area (Å²) in [5.41, 5.74) is -0.541. The van der Waals surface area contributed by atoms with Crippen LogP contribution in [-0.4, -0.2) is 34.7 Å². The first-order valence-electron chi connectivity index (χ1n) is 9.36. The molecule has 7 nitrogen and oxygen atoms in total. The quantitative estimate of drug-likeness (QED) is 0.486. The lowest BCUT2D eigenvalue weighted by molar-refractivity contribution is -0.142. The molecular weight excluding hydrogens is 425 g/mol. The summed E-state index contributed by atoms with van der Waals surface area (Å²) in [6, 6.07) is 14.0. The first-order valence-corrected chi connectivity index (χ1v) is 9.36. The number of methoxy groups -OCH3 is 2. The maximum atomic E-state index is 13.8. The van der Waals surface area contributed by atoms with Gasteiger partial charge in [-0.05, 0) is 36.4 Å². The van der Waals surface area contributed by atoms with E-state index in [2.05, 4.69) is 15.4 Å². The Kier molecular flexibility index (Phi) is 5.43. The van der Waals surface area contributed by atoms with Gasteiger partial charge in [-0.25, -0.2) is 9.50 Å². The van der Waals surface area contributed by atoms with Gasteiger partial charge < -0.3 is 14.8 Å². The number of amides is 1. The van der Waals surface area contributed by atoms with Crippen molar-refractivity contribution in [2.75, 3.05) is 19.5 Å². The molecular formula is C22H17F3N4O3. The Hall–Kier alpha value is -4.08. The average molecular weight is 442 g/mol. The predicted molar refractivity (Wildman–Crippen MR) is 111 cm³/mol. The Morgan fingerprint density at radius 2 is 1.72 bits per heavy atom. The molecule has 2 aromatic carbocycles. The van der Waals surface area contributed by atoms with Gasteiger partial charge in [0.25, 0.3) is 5.91 Å². The molecule has 0 aliphatic carbocycles. The number of carbonyl (C=O) groups excluding carboxylic acids is 1. The number of halogens is 3. The van der Waals surface area contributed by atoms with E-state index in [1.807, 2.05) is 0 Å². The molecule has 0 unspecified atom stereocenters. The topological polar surface area (TPSA) is 77.8 Å². The van der Waals surface area contributed by atoms with Crippen LogP contribution in [0.4, 0.5) is 18.9 Å². The number of benzene rings is 2. The normalized spacial score (nSPS) is 11.4. The van der Waals surface area contributed by atoms with E-state index in [1.54, 1.807) is 42.5 Å². The van der Waals surface area contributed by atoms with Crippen LogP contribution in [0.2, 0.25) is 0 Å². The highest BCUT2D eigenvalue weighted by Crippen LogP contribution is 2.35. The monoisotopic (exact) mass is 442 g/mol. The molecule has 2 aromatic heterocycles. The second-order valence-electron chi connectivity index (χ2n) is 6.71. The predicted octanol–water partition coefficient (Wildman–Crippen LogP) is 4.68. The smallest absolute Gasteiger partial charge is 0.433 e. The van der Waals surface area contributed by atoms with E-state index in [4.69, 9.17) is 9.47 Å². The second-order valence-corrected chi connectivity index (χ2v) is 6.71. The van der Waals surface area contributed by atoms with E-state index in [9.17, 15) is 18.0 Å². The third-order valence-corrected chi connectivity index (χ3v) is 4.72. The average Bonchev–Trinajstić information content (AvgIpc) is 3.22. The summed E-state index contributed by atoms with van der Waals surface area (Å²) in [6.45, 7) is 0. The molecule has 0 aliphatic rings. The third kappa shape index (κ3) is 3.94. The van der Waals surface area contributed by atoms with Crippen molar-refractivity contribution in [2.45, 2.75) is 6.18 Å². The minimum Gasteiger partial charge on any atom is -0.493 e. The number of rotatable bonds is 5. The van der Waals surface area contributed by atoms with Crippen molar-refractivity contribution in [3.8, 4) is 22.8 Å². The summed E-state index contributed by atoms with van der Waals surface area (Å²) in [7, 11) is 2.87. The van der Waals surface area contributed by atoms with Crippen LogP contribution >= 0.6 is 0 Å². The molecule has 10 heteroatoms. The summed E-state index contributed by atoms with van der Waals surface area (Å²) in [4.78, 5) is 17.1. The van der Waals surface area contributed by atoms with E-state index in [-0.39, 0.29) is 16.9 Å². The van der Waals surface area contributed by atoms with Crippen LogP contribution in [0.25, 0.3) is 16.9 Å². The number of aromatic nitrogens is 3. The van der Waals surface area contributed by atoms with Gasteiger partial charge in [-0.3, -0.25) is 4.79 Å². The van der Waals surface area contributed by atoms with E-state index < -0.39 is 17.8 Å². The van der Waals surface area contributed by atoms with Crippen molar-refractivity contribution in [3.63, 3.8) is 0 Å². The van der Waals surface area contributed by atoms with E-state index in [0.29, 0.717) is 27.3 Å². The van der Waals surface area contributed by atoms with Crippen LogP contribution in [0.3, 0.4) is 0 Å². The van der Waals surface area contributed by atoms with Gasteiger partial charge >= 0.3 is 6.18 Å². The zero-order valence-electron chi connectivity index (χ0n) is 17.0. The number of hydrogen-bond acceptors (Lipinski definition) is 5. The van der Waals surface area contributed by atoms with Gasteiger partial charge in [0.05, 0.1) is 26.1 Å². The number of fused-ring (bicyclic) bond motifs is 1. The zero-order valence-corrected chi connectivity index (χ0v) is 17.0. The van der Waals surface area contributed by atoms with Crippen LogP contribution < -0.4 is 14.8 Å². The molecule has 0 atom stereocenters. The van der Waals surface area contributed by atoms with Crippen molar-refractivity contribution in [2.24, 2.45) is 0 Å². The van der Waals surface area contributed by atoms with Crippen LogP contribution in [0.15, 0.2) is 60.8 Å². The maximum Gasteiger partial charge on any atom is 0.433 e. The van der Waals surface area contributed by atoms with Crippen molar-refractivity contribution >= 4 is 17.2 Å². The molecule has 4 aromatic rings. The minimum absolute atomic E-state index is 0.0000363. The Labute approximate surface area is 180 Å². The van der Waals surface area contributed by atoms with Gasteiger partial charge in [0.15, 0.2) is 22.8 Å². The lowest BCUT2D eigenvalue weighted by Crippen LogP contribution is -2.15. The molecule has 0 spiro atoms. The molecule has 0 bridgehead atoms. The van der Waals surface area contributed by atoms with E-state index in [1.165, 1.54) is 20.3 Å². The standard InChI is InChI=1S/C22H17F3N4O3/c1-31-17-9-8-13(10-18(17)32-2)16-11-19(22(23,24)25)29-20(28-16)15(12-26-29)21(30)27-14-6-4-3-5-7-14/h3-12H,1-2H3,(H,27,30). The fourth-order valence-electron chi connectivity index (χ4n) is 3.19. The van der Waals surface area contributed by atoms with E-state index >= 15 is 0 Å². The molecule has 0 saturated heterocycles. The third-order valence-electron chi connectivity index (χ3n) is 4.72. The van der Waals surface area contributed by atoms with Crippen molar-refractivity contribution < 1.29 is 27.4 Å². The van der Waals surface area contributed by atoms with Gasteiger partial charge in [0.1, 0.15) is 5.56 Å². The van der Waals surface area contributed by atoms with E-state index in [0.717, 1.165) is 12.3 Å². The molecule has 0 fully saturated rings. The molecule has 4 rings (SSSR count). The van der Waals surface area contributed by atoms with Crippen LogP contribution in [0.5, 0.6) is 11.5 Å². The number of ether oxygens (including phenoxy) is 2. The highest BCUT2D eigenvalue weighted by atomic mass is 19.4. The van der Waals surface area contributed by atoms with Crippen LogP contribution in [-0.2, 0) is 6.18 Å². The molecule has 2 heterocycles. The molecule has 0 saturated carbocycles. The molecule has 164 valence electrons. The van der Waals surface area contributed by atoms with Crippen LogP contribution in [0.1, 0.15) is 16.1 Å². The number of hydrogen-bond donors (Lipinski definition) is 1. The molecule has 32 heavy (non-hydrogen) atoms. The van der Waals surface area contributed by atoms with Gasteiger partial charge in [-0.15, -0.1) is 0 Å². The zero-order chi connectivity index (χ0) is 22.9. The fourth-order valence-corrected chi connectivity index (χ4v) is 3.19. The lowest BCUT2D eigenvalue weighted by atomic mass is 10.1. The Morgan fingerprint density at radius 1 is 1.00 bits per heavy atom. The van der Waals surface area contributed by atoms with Crippen molar-refractivity contribution in [1.29, 1.82) is 0 Å². The fraction of sp³-hybridized carbons (Fsp3) is 0.136. The summed E-state index contributed by atoms with van der Waals surface area (Å²) < 4.78 is 52.4. The van der Waals surface area contributed by atoms with Gasteiger partial charge in [0, 0.05) is 11.3 Å². The second kappa shape index (κ2) is 8.22. The molecule has 0 radical (unpaired) electrons. The largest absolute Gasteiger partial charge is 0.493 e. The summed E-state index contributed by atoms with van der Waals surface area (Å²) in [5.74, 6) is 0.118. The molecule has 0 aliphatic heterocycles. The van der Waals surface area contributed by atoms with Gasteiger partial charge in [0.2, 0.25) is 0 Å². The SMILES string of the molecule is COc1ccc(-c2cc(C(F)(F)F)n3ncc(C(=O)Nc4ccccc4)c3n2)cc1OC. The first kappa shape index (κ1) is 21.2. The van der Waals surface area contributed by atoms with Gasteiger partial charge in [-0.2, -0.15) is 18.3 Å². The number of alkyl halides is 3. The van der Waals surface area contributed by atoms with Crippen molar-refractivity contribution in [1.82, 2.24) is 14.6 Å². The number of nitrogens with one attached hydrogen (secondary N) is 1. The lowest BCUT2D eigenvalue weighted by Gasteiger charge is -2.13. The number of carbonyl (C=O) groups is 1. The van der Waals surface area contributed by atoms with Crippen LogP contribution in [0, 0.1) is 0 Å². The summed E-state index contributed by atoms with van der Waals surface area (Å²) >= 11 is 0. The number of para-hydroxylation sites is 1. The Balaban J connectivity index is 1.86. The first-order chi connectivity index (χ1) is 15.3. The Morgan fingerprint density at radius 3 is 2.38 bits per heavy atom. The highest BCUT2D eigenvalue weighted by Gasteiger charge is 2.36. The number of nitrogens with zero attached hydrogens (tertiary/aromatic N) is 3. The molecule has 1 amide bonds. The van der Waals surface area contributed by atoms with Gasteiger partial charge in [-0.1, -0.05) is 18.2 Å². The summed E-state index contributed by atoms with van der Waals surface area (Å²) in [5, 5.41) is 6.41. The maximum absolute atomic E-state index is 13.8.